The Morgan fingerprint density at radius 2 is 2.05 bits per heavy atom. The summed E-state index contributed by atoms with van der Waals surface area (Å²) in [5.41, 5.74) is 2.15. The largest absolute Gasteiger partial charge is 0.349 e. The van der Waals surface area contributed by atoms with E-state index in [1.54, 1.807) is 13.2 Å². The standard InChI is InChI=1S/C18H24N2O2/c1-12(13-7-4-3-5-8-13)19-17(21)16-11-20(2)18(22)15-10-6-9-14(15)16/h6,9,11-13H,3-5,7-8,10H2,1-2H3,(H,19,21)/t12-/m1/s1. The van der Waals surface area contributed by atoms with Crippen molar-refractivity contribution in [1.82, 2.24) is 9.88 Å². The van der Waals surface area contributed by atoms with Crippen molar-refractivity contribution >= 4 is 12.0 Å². The zero-order valence-electron chi connectivity index (χ0n) is 13.4. The van der Waals surface area contributed by atoms with E-state index in [4.69, 9.17) is 0 Å². The summed E-state index contributed by atoms with van der Waals surface area (Å²) in [7, 11) is 1.71. The maximum atomic E-state index is 12.7. The molecule has 0 radical (unpaired) electrons. The van der Waals surface area contributed by atoms with E-state index in [1.165, 1.54) is 36.7 Å². The summed E-state index contributed by atoms with van der Waals surface area (Å²) in [5.74, 6) is 0.519. The second-order valence-electron chi connectivity index (χ2n) is 6.62. The van der Waals surface area contributed by atoms with Crippen LogP contribution >= 0.6 is 0 Å². The molecular weight excluding hydrogens is 276 g/mol. The average Bonchev–Trinajstić information content (AvgIpc) is 3.01. The molecule has 118 valence electrons. The van der Waals surface area contributed by atoms with Gasteiger partial charge in [-0.1, -0.05) is 31.4 Å². The zero-order valence-corrected chi connectivity index (χ0v) is 13.4. The van der Waals surface area contributed by atoms with E-state index in [0.29, 0.717) is 17.9 Å². The predicted molar refractivity (Wildman–Crippen MR) is 87.9 cm³/mol. The van der Waals surface area contributed by atoms with Gasteiger partial charge in [0.15, 0.2) is 0 Å². The van der Waals surface area contributed by atoms with Crippen molar-refractivity contribution in [2.45, 2.75) is 51.5 Å². The number of hydrogen-bond donors (Lipinski definition) is 1. The van der Waals surface area contributed by atoms with Crippen molar-refractivity contribution in [3.05, 3.63) is 39.3 Å². The first-order chi connectivity index (χ1) is 10.6. The third kappa shape index (κ3) is 2.74. The minimum Gasteiger partial charge on any atom is -0.349 e. The summed E-state index contributed by atoms with van der Waals surface area (Å²) in [4.78, 5) is 24.8. The van der Waals surface area contributed by atoms with Gasteiger partial charge in [-0.3, -0.25) is 9.59 Å². The molecule has 0 saturated heterocycles. The smallest absolute Gasteiger partial charge is 0.254 e. The van der Waals surface area contributed by atoms with Crippen molar-refractivity contribution in [1.29, 1.82) is 0 Å². The van der Waals surface area contributed by atoms with Crippen LogP contribution in [0.2, 0.25) is 0 Å². The van der Waals surface area contributed by atoms with Crippen molar-refractivity contribution in [3.8, 4) is 0 Å². The quantitative estimate of drug-likeness (QED) is 0.933. The highest BCUT2D eigenvalue weighted by Gasteiger charge is 2.24. The molecule has 1 atom stereocenters. The van der Waals surface area contributed by atoms with Gasteiger partial charge in [0, 0.05) is 24.8 Å². The highest BCUT2D eigenvalue weighted by Crippen LogP contribution is 2.27. The Hall–Kier alpha value is -1.84. The molecule has 1 heterocycles. The van der Waals surface area contributed by atoms with E-state index in [1.807, 2.05) is 12.2 Å². The number of aromatic nitrogens is 1. The lowest BCUT2D eigenvalue weighted by atomic mass is 9.84. The van der Waals surface area contributed by atoms with Gasteiger partial charge < -0.3 is 9.88 Å². The molecule has 22 heavy (non-hydrogen) atoms. The van der Waals surface area contributed by atoms with Crippen molar-refractivity contribution in [2.75, 3.05) is 0 Å². The van der Waals surface area contributed by atoms with Gasteiger partial charge in [-0.2, -0.15) is 0 Å². The summed E-state index contributed by atoms with van der Waals surface area (Å²) >= 11 is 0. The number of rotatable bonds is 3. The number of pyridine rings is 1. The summed E-state index contributed by atoms with van der Waals surface area (Å²) in [6.07, 6.45) is 12.4. The Bertz CT molecular complexity index is 666. The number of hydrogen-bond acceptors (Lipinski definition) is 2. The highest BCUT2D eigenvalue weighted by atomic mass is 16.2. The number of nitrogens with one attached hydrogen (secondary N) is 1. The van der Waals surface area contributed by atoms with Crippen LogP contribution < -0.4 is 10.9 Å². The van der Waals surface area contributed by atoms with Crippen LogP contribution in [0.3, 0.4) is 0 Å². The van der Waals surface area contributed by atoms with E-state index in [0.717, 1.165) is 11.1 Å². The number of carbonyl (C=O) groups is 1. The fourth-order valence-electron chi connectivity index (χ4n) is 3.71. The Morgan fingerprint density at radius 3 is 2.77 bits per heavy atom. The molecule has 2 aliphatic rings. The minimum absolute atomic E-state index is 0.00289. The molecule has 2 aliphatic carbocycles. The molecule has 4 heteroatoms. The fourth-order valence-corrected chi connectivity index (χ4v) is 3.71. The lowest BCUT2D eigenvalue weighted by molar-refractivity contribution is 0.0918. The van der Waals surface area contributed by atoms with Crippen LogP contribution in [-0.4, -0.2) is 16.5 Å². The maximum absolute atomic E-state index is 12.7. The zero-order chi connectivity index (χ0) is 15.7. The van der Waals surface area contributed by atoms with E-state index < -0.39 is 0 Å². The Kier molecular flexibility index (Phi) is 4.19. The molecule has 0 aromatic carbocycles. The van der Waals surface area contributed by atoms with Gasteiger partial charge >= 0.3 is 0 Å². The van der Waals surface area contributed by atoms with Crippen LogP contribution in [-0.2, 0) is 13.5 Å². The van der Waals surface area contributed by atoms with Crippen molar-refractivity contribution in [2.24, 2.45) is 13.0 Å². The number of aryl methyl sites for hydroxylation is 1. The minimum atomic E-state index is -0.0588. The van der Waals surface area contributed by atoms with E-state index in [-0.39, 0.29) is 17.5 Å². The number of amides is 1. The topological polar surface area (TPSA) is 51.1 Å². The molecule has 0 aliphatic heterocycles. The van der Waals surface area contributed by atoms with Crippen LogP contribution in [0.15, 0.2) is 17.1 Å². The SMILES string of the molecule is C[C@@H](NC(=O)c1cn(C)c(=O)c2c1C=CC2)C1CCCCC1. The predicted octanol–water partition coefficient (Wildman–Crippen LogP) is 2.65. The van der Waals surface area contributed by atoms with E-state index >= 15 is 0 Å². The molecule has 3 rings (SSSR count). The van der Waals surface area contributed by atoms with Crippen LogP contribution in [0.4, 0.5) is 0 Å². The van der Waals surface area contributed by atoms with Gasteiger partial charge in [-0.05, 0) is 37.7 Å². The molecule has 1 aromatic rings. The molecule has 0 spiro atoms. The van der Waals surface area contributed by atoms with Crippen LogP contribution in [0.1, 0.15) is 60.5 Å². The number of carbonyl (C=O) groups excluding carboxylic acids is 1. The molecule has 1 amide bonds. The molecule has 1 aromatic heterocycles. The number of allylic oxidation sites excluding steroid dienone is 1. The van der Waals surface area contributed by atoms with Crippen molar-refractivity contribution < 1.29 is 4.79 Å². The van der Waals surface area contributed by atoms with Gasteiger partial charge in [-0.15, -0.1) is 0 Å². The first kappa shape index (κ1) is 15.1. The van der Waals surface area contributed by atoms with Crippen molar-refractivity contribution in [3.63, 3.8) is 0 Å². The maximum Gasteiger partial charge on any atom is 0.254 e. The molecule has 1 saturated carbocycles. The van der Waals surface area contributed by atoms with Gasteiger partial charge in [-0.25, -0.2) is 0 Å². The monoisotopic (exact) mass is 300 g/mol. The Labute approximate surface area is 131 Å². The number of fused-ring (bicyclic) bond motifs is 1. The molecule has 0 unspecified atom stereocenters. The molecular formula is C18H24N2O2. The van der Waals surface area contributed by atoms with Gasteiger partial charge in [0.25, 0.3) is 11.5 Å². The third-order valence-electron chi connectivity index (χ3n) is 5.08. The first-order valence-corrected chi connectivity index (χ1v) is 8.28. The van der Waals surface area contributed by atoms with Crippen LogP contribution in [0.25, 0.3) is 6.08 Å². The second kappa shape index (κ2) is 6.11. The summed E-state index contributed by atoms with van der Waals surface area (Å²) < 4.78 is 1.52. The lowest BCUT2D eigenvalue weighted by Crippen LogP contribution is -2.39. The van der Waals surface area contributed by atoms with Crippen LogP contribution in [0, 0.1) is 5.92 Å². The number of nitrogens with zero attached hydrogens (tertiary/aromatic N) is 1. The molecule has 0 bridgehead atoms. The van der Waals surface area contributed by atoms with Gasteiger partial charge in [0.2, 0.25) is 0 Å². The average molecular weight is 300 g/mol. The molecule has 1 fully saturated rings. The van der Waals surface area contributed by atoms with Gasteiger partial charge in [0.1, 0.15) is 0 Å². The highest BCUT2D eigenvalue weighted by molar-refractivity contribution is 5.98. The molecule has 4 nitrogen and oxygen atoms in total. The molecule has 1 N–H and O–H groups in total. The van der Waals surface area contributed by atoms with E-state index in [9.17, 15) is 9.59 Å². The third-order valence-corrected chi connectivity index (χ3v) is 5.08. The first-order valence-electron chi connectivity index (χ1n) is 8.28. The summed E-state index contributed by atoms with van der Waals surface area (Å²) in [6, 6.07) is 0.186. The second-order valence-corrected chi connectivity index (χ2v) is 6.62. The van der Waals surface area contributed by atoms with Crippen LogP contribution in [0.5, 0.6) is 0 Å². The Balaban J connectivity index is 1.81. The Morgan fingerprint density at radius 1 is 1.32 bits per heavy atom. The van der Waals surface area contributed by atoms with Gasteiger partial charge in [0.05, 0.1) is 5.56 Å². The summed E-state index contributed by atoms with van der Waals surface area (Å²) in [6.45, 7) is 2.10. The van der Waals surface area contributed by atoms with E-state index in [2.05, 4.69) is 12.2 Å². The summed E-state index contributed by atoms with van der Waals surface area (Å²) in [5, 5.41) is 3.15. The lowest BCUT2D eigenvalue weighted by Gasteiger charge is -2.28. The fraction of sp³-hybridized carbons (Fsp3) is 0.556. The normalized spacial score (nSPS) is 19.0.